The van der Waals surface area contributed by atoms with Crippen molar-refractivity contribution in [2.24, 2.45) is 0 Å². The molecule has 25 heavy (non-hydrogen) atoms. The molecule has 3 heterocycles. The third-order valence-electron chi connectivity index (χ3n) is 3.50. The van der Waals surface area contributed by atoms with Gasteiger partial charge in [0.2, 0.25) is 0 Å². The number of amides is 1. The number of anilines is 2. The van der Waals surface area contributed by atoms with E-state index in [0.717, 1.165) is 11.1 Å². The maximum absolute atomic E-state index is 12.4. The topological polar surface area (TPSA) is 121 Å². The Morgan fingerprint density at radius 3 is 2.92 bits per heavy atom. The number of ether oxygens (including phenoxy) is 1. The Kier molecular flexibility index (Phi) is 4.95. The molecule has 128 valence electrons. The van der Waals surface area contributed by atoms with Crippen LogP contribution in [0.5, 0.6) is 0 Å². The van der Waals surface area contributed by atoms with Crippen LogP contribution in [-0.2, 0) is 11.3 Å². The molecule has 0 spiro atoms. The predicted molar refractivity (Wildman–Crippen MR) is 91.7 cm³/mol. The zero-order valence-electron chi connectivity index (χ0n) is 13.6. The van der Waals surface area contributed by atoms with Crippen LogP contribution in [0.25, 0.3) is 11.1 Å². The highest BCUT2D eigenvalue weighted by atomic mass is 16.5. The summed E-state index contributed by atoms with van der Waals surface area (Å²) in [6, 6.07) is 3.32. The number of nitrogen functional groups attached to an aromatic ring is 1. The van der Waals surface area contributed by atoms with Crippen molar-refractivity contribution in [3.63, 3.8) is 0 Å². The Labute approximate surface area is 143 Å². The van der Waals surface area contributed by atoms with Gasteiger partial charge >= 0.3 is 0 Å². The Hall–Kier alpha value is -3.33. The molecule has 9 heteroatoms. The number of nitrogens with two attached hydrogens (primary N) is 1. The van der Waals surface area contributed by atoms with Crippen LogP contribution in [0.15, 0.2) is 43.1 Å². The fourth-order valence-electron chi connectivity index (χ4n) is 2.20. The summed E-state index contributed by atoms with van der Waals surface area (Å²) in [5.74, 6) is -0.221. The van der Waals surface area contributed by atoms with E-state index in [1.807, 2.05) is 6.20 Å². The third-order valence-corrected chi connectivity index (χ3v) is 3.50. The van der Waals surface area contributed by atoms with Gasteiger partial charge < -0.3 is 15.8 Å². The van der Waals surface area contributed by atoms with Gasteiger partial charge in [-0.05, 0) is 12.1 Å². The van der Waals surface area contributed by atoms with Crippen molar-refractivity contribution < 1.29 is 9.53 Å². The number of aromatic nitrogens is 5. The van der Waals surface area contributed by atoms with Gasteiger partial charge in [0.05, 0.1) is 43.0 Å². The van der Waals surface area contributed by atoms with Crippen LogP contribution >= 0.6 is 0 Å². The monoisotopic (exact) mass is 339 g/mol. The van der Waals surface area contributed by atoms with E-state index >= 15 is 0 Å². The average Bonchev–Trinajstić information content (AvgIpc) is 3.10. The first-order valence-corrected chi connectivity index (χ1v) is 7.52. The minimum Gasteiger partial charge on any atom is -0.383 e. The molecule has 0 aromatic carbocycles. The second-order valence-corrected chi connectivity index (χ2v) is 5.23. The van der Waals surface area contributed by atoms with Crippen molar-refractivity contribution in [1.82, 2.24) is 25.0 Å². The van der Waals surface area contributed by atoms with E-state index in [4.69, 9.17) is 10.5 Å². The fourth-order valence-corrected chi connectivity index (χ4v) is 2.20. The standard InChI is InChI=1S/C16H17N7O2/c1-25-5-4-23-10-12(8-21-23)11-6-14(15(17)18-7-11)16(24)22-13-2-3-19-20-9-13/h2-3,6-10H,4-5H2,1H3,(H2,17,18)(H,19,22,24). The lowest BCUT2D eigenvalue weighted by Crippen LogP contribution is -2.15. The molecular weight excluding hydrogens is 322 g/mol. The van der Waals surface area contributed by atoms with Crippen LogP contribution < -0.4 is 11.1 Å². The quantitative estimate of drug-likeness (QED) is 0.692. The zero-order valence-corrected chi connectivity index (χ0v) is 13.6. The van der Waals surface area contributed by atoms with E-state index < -0.39 is 0 Å². The summed E-state index contributed by atoms with van der Waals surface area (Å²) in [5, 5.41) is 14.3. The lowest BCUT2D eigenvalue weighted by atomic mass is 10.1. The largest absolute Gasteiger partial charge is 0.383 e. The highest BCUT2D eigenvalue weighted by molar-refractivity contribution is 6.07. The smallest absolute Gasteiger partial charge is 0.259 e. The number of nitrogens with one attached hydrogen (secondary N) is 1. The summed E-state index contributed by atoms with van der Waals surface area (Å²) < 4.78 is 6.79. The van der Waals surface area contributed by atoms with Gasteiger partial charge in [0, 0.05) is 30.6 Å². The van der Waals surface area contributed by atoms with Gasteiger partial charge in [-0.1, -0.05) is 0 Å². The third kappa shape index (κ3) is 3.96. The minimum absolute atomic E-state index is 0.148. The highest BCUT2D eigenvalue weighted by Crippen LogP contribution is 2.22. The Morgan fingerprint density at radius 1 is 1.28 bits per heavy atom. The van der Waals surface area contributed by atoms with Crippen molar-refractivity contribution >= 4 is 17.4 Å². The van der Waals surface area contributed by atoms with Crippen LogP contribution in [0.3, 0.4) is 0 Å². The van der Waals surface area contributed by atoms with Crippen LogP contribution in [0.4, 0.5) is 11.5 Å². The second-order valence-electron chi connectivity index (χ2n) is 5.23. The van der Waals surface area contributed by atoms with Crippen molar-refractivity contribution in [2.45, 2.75) is 6.54 Å². The fraction of sp³-hybridized carbons (Fsp3) is 0.188. The molecule has 0 radical (unpaired) electrons. The Balaban J connectivity index is 1.82. The first-order chi connectivity index (χ1) is 12.2. The summed E-state index contributed by atoms with van der Waals surface area (Å²) in [6.07, 6.45) is 8.11. The summed E-state index contributed by atoms with van der Waals surface area (Å²) in [7, 11) is 1.64. The van der Waals surface area contributed by atoms with E-state index in [2.05, 4.69) is 25.6 Å². The van der Waals surface area contributed by atoms with Crippen LogP contribution in [0.2, 0.25) is 0 Å². The molecule has 0 bridgehead atoms. The lowest BCUT2D eigenvalue weighted by Gasteiger charge is -2.08. The lowest BCUT2D eigenvalue weighted by molar-refractivity contribution is 0.102. The summed E-state index contributed by atoms with van der Waals surface area (Å²) >= 11 is 0. The molecule has 3 aromatic heterocycles. The maximum atomic E-state index is 12.4. The SMILES string of the molecule is COCCn1cc(-c2cnc(N)c(C(=O)Nc3ccnnc3)c2)cn1. The second kappa shape index (κ2) is 7.49. The zero-order chi connectivity index (χ0) is 17.6. The van der Waals surface area contributed by atoms with Gasteiger partial charge in [0.25, 0.3) is 5.91 Å². The van der Waals surface area contributed by atoms with Gasteiger partial charge in [-0.25, -0.2) is 4.98 Å². The predicted octanol–water partition coefficient (Wildman–Crippen LogP) is 1.22. The molecule has 0 saturated carbocycles. The Bertz CT molecular complexity index is 864. The minimum atomic E-state index is -0.369. The number of hydrogen-bond acceptors (Lipinski definition) is 7. The molecule has 0 fully saturated rings. The molecule has 3 aromatic rings. The van der Waals surface area contributed by atoms with Gasteiger partial charge in [-0.3, -0.25) is 9.48 Å². The van der Waals surface area contributed by atoms with E-state index in [1.165, 1.54) is 12.4 Å². The first-order valence-electron chi connectivity index (χ1n) is 7.52. The van der Waals surface area contributed by atoms with Gasteiger partial charge in [0.15, 0.2) is 0 Å². The molecule has 0 aliphatic carbocycles. The molecule has 0 unspecified atom stereocenters. The molecule has 3 N–H and O–H groups in total. The van der Waals surface area contributed by atoms with Gasteiger partial charge in [0.1, 0.15) is 5.82 Å². The van der Waals surface area contributed by atoms with Gasteiger partial charge in [-0.15, -0.1) is 0 Å². The normalized spacial score (nSPS) is 10.6. The molecule has 1 amide bonds. The van der Waals surface area contributed by atoms with Crippen LogP contribution in [-0.4, -0.2) is 44.6 Å². The molecule has 0 aliphatic rings. The molecule has 0 saturated heterocycles. The van der Waals surface area contributed by atoms with E-state index in [9.17, 15) is 4.79 Å². The number of rotatable bonds is 6. The Morgan fingerprint density at radius 2 is 2.16 bits per heavy atom. The molecule has 0 aliphatic heterocycles. The summed E-state index contributed by atoms with van der Waals surface area (Å²) in [5.41, 5.74) is 8.24. The molecule has 9 nitrogen and oxygen atoms in total. The summed E-state index contributed by atoms with van der Waals surface area (Å²) in [4.78, 5) is 16.6. The van der Waals surface area contributed by atoms with E-state index in [-0.39, 0.29) is 17.3 Å². The van der Waals surface area contributed by atoms with Crippen molar-refractivity contribution in [1.29, 1.82) is 0 Å². The van der Waals surface area contributed by atoms with Crippen molar-refractivity contribution in [3.8, 4) is 11.1 Å². The molecule has 0 atom stereocenters. The number of methoxy groups -OCH3 is 1. The van der Waals surface area contributed by atoms with Crippen molar-refractivity contribution in [2.75, 3.05) is 24.8 Å². The number of pyridine rings is 1. The van der Waals surface area contributed by atoms with E-state index in [1.54, 1.807) is 36.3 Å². The number of hydrogen-bond donors (Lipinski definition) is 2. The van der Waals surface area contributed by atoms with Crippen molar-refractivity contribution in [3.05, 3.63) is 48.7 Å². The van der Waals surface area contributed by atoms with Gasteiger partial charge in [-0.2, -0.15) is 15.3 Å². The number of carbonyl (C=O) groups is 1. The maximum Gasteiger partial charge on any atom is 0.259 e. The number of carbonyl (C=O) groups excluding carboxylic acids is 1. The van der Waals surface area contributed by atoms with Crippen LogP contribution in [0.1, 0.15) is 10.4 Å². The average molecular weight is 339 g/mol. The van der Waals surface area contributed by atoms with E-state index in [0.29, 0.717) is 18.8 Å². The molecular formula is C16H17N7O2. The molecule has 3 rings (SSSR count). The highest BCUT2D eigenvalue weighted by Gasteiger charge is 2.14. The first kappa shape index (κ1) is 16.5. The number of nitrogens with zero attached hydrogens (tertiary/aromatic N) is 5. The summed E-state index contributed by atoms with van der Waals surface area (Å²) in [6.45, 7) is 1.20. The van der Waals surface area contributed by atoms with Crippen LogP contribution in [0, 0.1) is 0 Å².